The summed E-state index contributed by atoms with van der Waals surface area (Å²) in [6.07, 6.45) is -1.11. The van der Waals surface area contributed by atoms with Crippen LogP contribution in [0.25, 0.3) is 0 Å². The molecule has 0 saturated heterocycles. The number of aliphatic carboxylic acids is 1. The molecule has 4 aliphatic rings. The topological polar surface area (TPSA) is 149 Å². The van der Waals surface area contributed by atoms with E-state index in [2.05, 4.69) is 6.92 Å². The number of esters is 2. The third kappa shape index (κ3) is 4.03. The van der Waals surface area contributed by atoms with Crippen molar-refractivity contribution in [1.29, 1.82) is 0 Å². The van der Waals surface area contributed by atoms with Crippen LogP contribution in [0.5, 0.6) is 11.5 Å². The van der Waals surface area contributed by atoms with E-state index in [1.807, 2.05) is 12.1 Å². The summed E-state index contributed by atoms with van der Waals surface area (Å²) in [5.74, 6) is -2.12. The number of carboxylic acid groups (broad SMARTS) is 1. The third-order valence-corrected chi connectivity index (χ3v) is 9.36. The quantitative estimate of drug-likeness (QED) is 0.409. The van der Waals surface area contributed by atoms with Crippen LogP contribution in [0, 0.1) is 11.8 Å². The molecule has 2 aromatic rings. The van der Waals surface area contributed by atoms with E-state index >= 15 is 0 Å². The van der Waals surface area contributed by atoms with Gasteiger partial charge in [-0.25, -0.2) is 9.59 Å². The van der Waals surface area contributed by atoms with Crippen molar-refractivity contribution in [3.05, 3.63) is 71.0 Å². The lowest BCUT2D eigenvalue weighted by Gasteiger charge is -2.61. The Labute approximate surface area is 236 Å². The van der Waals surface area contributed by atoms with E-state index < -0.39 is 53.7 Å². The molecule has 0 amide bonds. The molecule has 216 valence electrons. The number of benzene rings is 2. The van der Waals surface area contributed by atoms with Crippen LogP contribution in [0.3, 0.4) is 0 Å². The minimum Gasteiger partial charge on any atom is -0.493 e. The highest BCUT2D eigenvalue weighted by Gasteiger charge is 2.72. The van der Waals surface area contributed by atoms with Gasteiger partial charge in [0.2, 0.25) is 6.10 Å². The van der Waals surface area contributed by atoms with Gasteiger partial charge < -0.3 is 34.3 Å². The van der Waals surface area contributed by atoms with E-state index in [9.17, 15) is 29.7 Å². The number of ether oxygens (including phenoxy) is 4. The fourth-order valence-electron chi connectivity index (χ4n) is 7.46. The molecular weight excluding hydrogens is 532 g/mol. The van der Waals surface area contributed by atoms with Gasteiger partial charge in [0.05, 0.1) is 24.5 Å². The first-order valence-corrected chi connectivity index (χ1v) is 13.8. The number of carboxylic acids is 1. The lowest BCUT2D eigenvalue weighted by atomic mass is 9.45. The number of hydrogen-bond acceptors (Lipinski definition) is 9. The van der Waals surface area contributed by atoms with Crippen molar-refractivity contribution >= 4 is 17.9 Å². The van der Waals surface area contributed by atoms with E-state index in [0.717, 1.165) is 17.5 Å². The summed E-state index contributed by atoms with van der Waals surface area (Å²) >= 11 is 0. The smallest absolute Gasteiger partial charge is 0.349 e. The minimum atomic E-state index is -1.91. The predicted molar refractivity (Wildman–Crippen MR) is 142 cm³/mol. The Balaban J connectivity index is 1.23. The molecule has 1 unspecified atom stereocenters. The SMILES string of the molecule is COc1ccc2c3c1O[C@H]1C(OC(=O)[C@@H](O)CC(=O)O[C@H](C(=O)O)c4ccccc4)=CC[C@@]4(O)[C@@H](C2)C(C)CC[C@]314. The molecule has 7 atom stereocenters. The maximum atomic E-state index is 13.0. The summed E-state index contributed by atoms with van der Waals surface area (Å²) in [7, 11) is 1.54. The Morgan fingerprint density at radius 3 is 2.61 bits per heavy atom. The number of aliphatic hydroxyl groups is 2. The van der Waals surface area contributed by atoms with Gasteiger partial charge >= 0.3 is 17.9 Å². The first-order chi connectivity index (χ1) is 19.6. The van der Waals surface area contributed by atoms with Crippen molar-refractivity contribution < 1.29 is 48.7 Å². The van der Waals surface area contributed by atoms with Crippen LogP contribution in [-0.2, 0) is 35.7 Å². The average molecular weight is 565 g/mol. The van der Waals surface area contributed by atoms with Crippen molar-refractivity contribution in [2.75, 3.05) is 7.11 Å². The molecule has 41 heavy (non-hydrogen) atoms. The average Bonchev–Trinajstić information content (AvgIpc) is 3.31. The van der Waals surface area contributed by atoms with Gasteiger partial charge in [-0.2, -0.15) is 0 Å². The molecule has 1 saturated carbocycles. The Morgan fingerprint density at radius 2 is 1.90 bits per heavy atom. The van der Waals surface area contributed by atoms with Crippen LogP contribution in [-0.4, -0.2) is 58.1 Å². The van der Waals surface area contributed by atoms with Crippen molar-refractivity contribution in [1.82, 2.24) is 0 Å². The van der Waals surface area contributed by atoms with Crippen LogP contribution < -0.4 is 9.47 Å². The van der Waals surface area contributed by atoms with Gasteiger partial charge in [0.15, 0.2) is 23.7 Å². The number of carbonyl (C=O) groups is 3. The lowest BCUT2D eigenvalue weighted by Crippen LogP contribution is -2.69. The lowest BCUT2D eigenvalue weighted by molar-refractivity contribution is -0.175. The van der Waals surface area contributed by atoms with Gasteiger partial charge in [-0.15, -0.1) is 0 Å². The standard InChI is InChI=1S/C31H32O10/c1-16-10-12-30-24-18-8-9-21(38-2)26(24)41-27(30)22(11-13-31(30,37)19(16)14-18)39-29(36)20(32)15-23(33)40-25(28(34)35)17-6-4-3-5-7-17/h3-9,11,16,19-20,25,27,32,37H,10,12-15H2,1-2H3,(H,34,35)/t16?,19-,20-,25-,27-,30-,31+/m0/s1. The second kappa shape index (κ2) is 9.88. The largest absolute Gasteiger partial charge is 0.493 e. The summed E-state index contributed by atoms with van der Waals surface area (Å²) in [5.41, 5.74) is 0.219. The molecule has 1 fully saturated rings. The summed E-state index contributed by atoms with van der Waals surface area (Å²) in [6, 6.07) is 11.7. The number of carbonyl (C=O) groups excluding carboxylic acids is 2. The minimum absolute atomic E-state index is 0.0187. The normalized spacial score (nSPS) is 30.1. The number of aliphatic hydroxyl groups excluding tert-OH is 1. The number of rotatable bonds is 8. The van der Waals surface area contributed by atoms with Crippen LogP contribution >= 0.6 is 0 Å². The summed E-state index contributed by atoms with van der Waals surface area (Å²) in [4.78, 5) is 37.2. The van der Waals surface area contributed by atoms with Crippen molar-refractivity contribution in [3.8, 4) is 11.5 Å². The first-order valence-electron chi connectivity index (χ1n) is 13.8. The van der Waals surface area contributed by atoms with E-state index in [0.29, 0.717) is 24.3 Å². The van der Waals surface area contributed by atoms with Crippen LogP contribution in [0.2, 0.25) is 0 Å². The fourth-order valence-corrected chi connectivity index (χ4v) is 7.46. The predicted octanol–water partition coefficient (Wildman–Crippen LogP) is 2.98. The van der Waals surface area contributed by atoms with Crippen molar-refractivity contribution in [2.24, 2.45) is 11.8 Å². The van der Waals surface area contributed by atoms with Gasteiger partial charge in [0.1, 0.15) is 5.76 Å². The van der Waals surface area contributed by atoms with Gasteiger partial charge in [-0.1, -0.05) is 43.3 Å². The molecule has 0 aromatic heterocycles. The van der Waals surface area contributed by atoms with Crippen LogP contribution in [0.1, 0.15) is 55.4 Å². The molecule has 0 radical (unpaired) electrons. The van der Waals surface area contributed by atoms with Gasteiger partial charge in [0, 0.05) is 11.1 Å². The highest BCUT2D eigenvalue weighted by molar-refractivity contribution is 5.84. The molecule has 2 aromatic carbocycles. The number of hydrogen-bond donors (Lipinski definition) is 3. The Bertz CT molecular complexity index is 1430. The van der Waals surface area contributed by atoms with E-state index in [-0.39, 0.29) is 29.6 Å². The molecule has 1 aliphatic heterocycles. The second-order valence-corrected chi connectivity index (χ2v) is 11.4. The Kier molecular flexibility index (Phi) is 6.58. The molecule has 3 aliphatic carbocycles. The fraction of sp³-hybridized carbons (Fsp3) is 0.452. The van der Waals surface area contributed by atoms with E-state index in [4.69, 9.17) is 18.9 Å². The Morgan fingerprint density at radius 1 is 1.15 bits per heavy atom. The maximum Gasteiger partial charge on any atom is 0.349 e. The molecule has 6 rings (SSSR count). The highest BCUT2D eigenvalue weighted by atomic mass is 16.6. The molecule has 3 N–H and O–H groups in total. The summed E-state index contributed by atoms with van der Waals surface area (Å²) < 4.78 is 22.7. The summed E-state index contributed by atoms with van der Waals surface area (Å²) in [5, 5.41) is 32.3. The monoisotopic (exact) mass is 564 g/mol. The zero-order valence-corrected chi connectivity index (χ0v) is 22.7. The zero-order valence-electron chi connectivity index (χ0n) is 22.7. The van der Waals surface area contributed by atoms with Crippen molar-refractivity contribution in [3.63, 3.8) is 0 Å². The van der Waals surface area contributed by atoms with Gasteiger partial charge in [-0.05, 0) is 55.2 Å². The third-order valence-electron chi connectivity index (χ3n) is 9.36. The van der Waals surface area contributed by atoms with E-state index in [1.54, 1.807) is 31.4 Å². The summed E-state index contributed by atoms with van der Waals surface area (Å²) in [6.45, 7) is 2.15. The van der Waals surface area contributed by atoms with Gasteiger partial charge in [0.25, 0.3) is 0 Å². The highest BCUT2D eigenvalue weighted by Crippen LogP contribution is 2.68. The second-order valence-electron chi connectivity index (χ2n) is 11.4. The first kappa shape index (κ1) is 27.3. The van der Waals surface area contributed by atoms with Crippen molar-refractivity contribution in [2.45, 2.75) is 68.4 Å². The van der Waals surface area contributed by atoms with Crippen LogP contribution in [0.15, 0.2) is 54.3 Å². The molecule has 1 spiro atoms. The molecule has 1 heterocycles. The zero-order chi connectivity index (χ0) is 29.1. The molecule has 2 bridgehead atoms. The molecule has 10 heteroatoms. The van der Waals surface area contributed by atoms with Gasteiger partial charge in [-0.3, -0.25) is 4.79 Å². The number of methoxy groups -OCH3 is 1. The molecule has 10 nitrogen and oxygen atoms in total. The maximum absolute atomic E-state index is 13.0. The Hall–Kier alpha value is -3.89. The van der Waals surface area contributed by atoms with Crippen LogP contribution in [0.4, 0.5) is 0 Å². The molecular formula is C31H32O10. The van der Waals surface area contributed by atoms with E-state index in [1.165, 1.54) is 12.1 Å².